The molecule has 0 bridgehead atoms. The summed E-state index contributed by atoms with van der Waals surface area (Å²) in [6.45, 7) is 9.63. The van der Waals surface area contributed by atoms with Gasteiger partial charge in [-0.3, -0.25) is 4.90 Å². The average Bonchev–Trinajstić information content (AvgIpc) is 3.03. The number of benzene rings is 1. The number of anilines is 1. The summed E-state index contributed by atoms with van der Waals surface area (Å²) in [4.78, 5) is 10.7. The van der Waals surface area contributed by atoms with Gasteiger partial charge in [-0.05, 0) is 33.8 Å². The van der Waals surface area contributed by atoms with Gasteiger partial charge < -0.3 is 15.6 Å². The van der Waals surface area contributed by atoms with E-state index in [2.05, 4.69) is 20.0 Å². The van der Waals surface area contributed by atoms with Crippen LogP contribution in [0.5, 0.6) is 5.75 Å². The van der Waals surface area contributed by atoms with Crippen LogP contribution in [0, 0.1) is 6.92 Å². The van der Waals surface area contributed by atoms with Crippen molar-refractivity contribution in [3.63, 3.8) is 0 Å². The van der Waals surface area contributed by atoms with E-state index in [0.29, 0.717) is 33.8 Å². The van der Waals surface area contributed by atoms with Crippen LogP contribution in [-0.4, -0.2) is 62.1 Å². The maximum atomic E-state index is 10.1. The molecule has 3 N–H and O–H groups in total. The molecule has 4 rings (SSSR count). The number of aliphatic hydroxyl groups is 1. The number of likely N-dealkylation sites (tertiary alicyclic amines) is 1. The molecule has 1 aliphatic rings. The van der Waals surface area contributed by atoms with Crippen molar-refractivity contribution in [3.05, 3.63) is 39.3 Å². The molecule has 2 aromatic heterocycles. The SMILES string of the molecule is COc1c(C(C)n2nc(C)c3c(N)ncnc32)cc(Cl)c(Cl)c1C1CN(CC(C)(C)O)C1. The summed E-state index contributed by atoms with van der Waals surface area (Å²) in [6.07, 6.45) is 1.44. The van der Waals surface area contributed by atoms with Gasteiger partial charge in [0.25, 0.3) is 0 Å². The predicted octanol–water partition coefficient (Wildman–Crippen LogP) is 3.81. The highest BCUT2D eigenvalue weighted by Crippen LogP contribution is 2.46. The topological polar surface area (TPSA) is 102 Å². The van der Waals surface area contributed by atoms with Crippen molar-refractivity contribution in [2.24, 2.45) is 0 Å². The number of nitrogens with two attached hydrogens (primary N) is 1. The van der Waals surface area contributed by atoms with E-state index in [0.717, 1.165) is 35.3 Å². The van der Waals surface area contributed by atoms with Gasteiger partial charge in [0.15, 0.2) is 5.65 Å². The highest BCUT2D eigenvalue weighted by atomic mass is 35.5. The summed E-state index contributed by atoms with van der Waals surface area (Å²) in [6, 6.07) is 1.59. The summed E-state index contributed by atoms with van der Waals surface area (Å²) < 4.78 is 7.70. The Bertz CT molecular complexity index is 1170. The maximum Gasteiger partial charge on any atom is 0.164 e. The third-order valence-electron chi connectivity index (χ3n) is 5.93. The lowest BCUT2D eigenvalue weighted by molar-refractivity contribution is 0.00709. The van der Waals surface area contributed by atoms with Crippen molar-refractivity contribution in [3.8, 4) is 5.75 Å². The number of aryl methyl sites for hydroxylation is 1. The fraction of sp³-hybridized carbons (Fsp3) is 0.500. The Hall–Kier alpha value is -2.13. The lowest BCUT2D eigenvalue weighted by Crippen LogP contribution is -2.51. The summed E-state index contributed by atoms with van der Waals surface area (Å²) in [5.41, 5.74) is 8.46. The van der Waals surface area contributed by atoms with Crippen molar-refractivity contribution in [1.82, 2.24) is 24.6 Å². The first-order valence-electron chi connectivity index (χ1n) is 10.5. The van der Waals surface area contributed by atoms with Crippen LogP contribution in [0.3, 0.4) is 0 Å². The number of aromatic nitrogens is 4. The van der Waals surface area contributed by atoms with Crippen LogP contribution < -0.4 is 10.5 Å². The van der Waals surface area contributed by atoms with E-state index in [9.17, 15) is 5.11 Å². The van der Waals surface area contributed by atoms with Gasteiger partial charge in [-0.2, -0.15) is 5.10 Å². The van der Waals surface area contributed by atoms with Crippen molar-refractivity contribution in [1.29, 1.82) is 0 Å². The van der Waals surface area contributed by atoms with Gasteiger partial charge in [-0.1, -0.05) is 23.2 Å². The van der Waals surface area contributed by atoms with E-state index in [4.69, 9.17) is 33.7 Å². The van der Waals surface area contributed by atoms with Crippen LogP contribution in [0.1, 0.15) is 49.6 Å². The second-order valence-electron chi connectivity index (χ2n) is 9.08. The molecular formula is C22H28Cl2N6O2. The third kappa shape index (κ3) is 4.01. The lowest BCUT2D eigenvalue weighted by atomic mass is 9.87. The Balaban J connectivity index is 1.76. The van der Waals surface area contributed by atoms with E-state index < -0.39 is 5.60 Å². The number of hydrogen-bond acceptors (Lipinski definition) is 7. The summed E-state index contributed by atoms with van der Waals surface area (Å²) >= 11 is 13.2. The van der Waals surface area contributed by atoms with Gasteiger partial charge in [-0.25, -0.2) is 14.6 Å². The predicted molar refractivity (Wildman–Crippen MR) is 127 cm³/mol. The van der Waals surface area contributed by atoms with Crippen molar-refractivity contribution in [2.45, 2.75) is 45.3 Å². The highest BCUT2D eigenvalue weighted by molar-refractivity contribution is 6.42. The Labute approximate surface area is 197 Å². The molecule has 0 amide bonds. The Morgan fingerprint density at radius 2 is 2.00 bits per heavy atom. The van der Waals surface area contributed by atoms with Crippen LogP contribution in [-0.2, 0) is 0 Å². The molecule has 1 saturated heterocycles. The molecule has 0 aliphatic carbocycles. The minimum Gasteiger partial charge on any atom is -0.496 e. The lowest BCUT2D eigenvalue weighted by Gasteiger charge is -2.43. The smallest absolute Gasteiger partial charge is 0.164 e. The molecule has 32 heavy (non-hydrogen) atoms. The zero-order valence-electron chi connectivity index (χ0n) is 18.9. The largest absolute Gasteiger partial charge is 0.496 e. The van der Waals surface area contributed by atoms with Crippen molar-refractivity contribution < 1.29 is 9.84 Å². The van der Waals surface area contributed by atoms with Gasteiger partial charge in [0.05, 0.1) is 39.9 Å². The van der Waals surface area contributed by atoms with Crippen molar-refractivity contribution >= 4 is 40.1 Å². The molecule has 1 aromatic carbocycles. The van der Waals surface area contributed by atoms with E-state index in [1.54, 1.807) is 21.0 Å². The Morgan fingerprint density at radius 1 is 1.31 bits per heavy atom. The molecule has 0 spiro atoms. The molecule has 172 valence electrons. The van der Waals surface area contributed by atoms with Crippen LogP contribution in [0.4, 0.5) is 5.82 Å². The number of nitrogens with zero attached hydrogens (tertiary/aromatic N) is 5. The van der Waals surface area contributed by atoms with Gasteiger partial charge in [0, 0.05) is 36.7 Å². The molecule has 0 radical (unpaired) electrons. The Morgan fingerprint density at radius 3 is 2.62 bits per heavy atom. The van der Waals surface area contributed by atoms with E-state index in [-0.39, 0.29) is 12.0 Å². The number of β-amino-alcohol motifs (C(OH)–C–C–N with tert-alkyl or cyclic N) is 1. The number of ether oxygens (including phenoxy) is 1. The van der Waals surface area contributed by atoms with Gasteiger partial charge in [0.1, 0.15) is 17.9 Å². The molecule has 1 aliphatic heterocycles. The van der Waals surface area contributed by atoms with Crippen LogP contribution in [0.15, 0.2) is 12.4 Å². The molecule has 10 heteroatoms. The molecular weight excluding hydrogens is 451 g/mol. The molecule has 1 atom stereocenters. The average molecular weight is 479 g/mol. The monoisotopic (exact) mass is 478 g/mol. The Kier molecular flexibility index (Phi) is 6.00. The first-order valence-corrected chi connectivity index (χ1v) is 11.2. The number of methoxy groups -OCH3 is 1. The van der Waals surface area contributed by atoms with Gasteiger partial charge >= 0.3 is 0 Å². The van der Waals surface area contributed by atoms with Crippen LogP contribution in [0.2, 0.25) is 10.0 Å². The second kappa shape index (κ2) is 8.33. The second-order valence-corrected chi connectivity index (χ2v) is 9.86. The standard InChI is InChI=1S/C22H28Cl2N6O2/c1-11-16-20(25)26-10-27-21(16)30(28-11)12(2)14-6-15(23)18(24)17(19(14)32-5)13-7-29(8-13)9-22(3,4)31/h6,10,12-13,31H,7-9H2,1-5H3,(H2,25,26,27). The normalized spacial score (nSPS) is 16.4. The molecule has 1 fully saturated rings. The number of nitrogen functional groups attached to an aromatic ring is 1. The molecule has 1 unspecified atom stereocenters. The molecule has 3 aromatic rings. The summed E-state index contributed by atoms with van der Waals surface area (Å²) in [5, 5.41) is 16.5. The highest BCUT2D eigenvalue weighted by Gasteiger charge is 2.36. The van der Waals surface area contributed by atoms with Crippen LogP contribution in [0.25, 0.3) is 11.0 Å². The fourth-order valence-corrected chi connectivity index (χ4v) is 5.07. The first-order chi connectivity index (χ1) is 15.0. The summed E-state index contributed by atoms with van der Waals surface area (Å²) in [7, 11) is 1.64. The molecule has 3 heterocycles. The zero-order chi connectivity index (χ0) is 23.4. The third-order valence-corrected chi connectivity index (χ3v) is 6.73. The van der Waals surface area contributed by atoms with E-state index in [1.165, 1.54) is 6.33 Å². The maximum absolute atomic E-state index is 10.1. The van der Waals surface area contributed by atoms with Crippen LogP contribution >= 0.6 is 23.2 Å². The number of fused-ring (bicyclic) bond motifs is 1. The fourth-order valence-electron chi connectivity index (χ4n) is 4.55. The van der Waals surface area contributed by atoms with E-state index in [1.807, 2.05) is 24.6 Å². The van der Waals surface area contributed by atoms with Crippen molar-refractivity contribution in [2.75, 3.05) is 32.5 Å². The number of rotatable bonds is 6. The minimum atomic E-state index is -0.754. The minimum absolute atomic E-state index is 0.151. The zero-order valence-corrected chi connectivity index (χ0v) is 20.4. The van der Waals surface area contributed by atoms with Gasteiger partial charge in [-0.15, -0.1) is 0 Å². The van der Waals surface area contributed by atoms with E-state index >= 15 is 0 Å². The molecule has 0 saturated carbocycles. The summed E-state index contributed by atoms with van der Waals surface area (Å²) in [5.74, 6) is 1.25. The quantitative estimate of drug-likeness (QED) is 0.554. The number of hydrogen-bond donors (Lipinski definition) is 2. The molecule has 8 nitrogen and oxygen atoms in total. The van der Waals surface area contributed by atoms with Gasteiger partial charge in [0.2, 0.25) is 0 Å². The number of halogens is 2. The first kappa shape index (κ1) is 23.0.